The van der Waals surface area contributed by atoms with Gasteiger partial charge in [0.05, 0.1) is 19.2 Å². The van der Waals surface area contributed by atoms with E-state index in [4.69, 9.17) is 0 Å². The summed E-state index contributed by atoms with van der Waals surface area (Å²) in [6, 6.07) is 10.7. The van der Waals surface area contributed by atoms with Crippen LogP contribution in [0.15, 0.2) is 48.8 Å². The Morgan fingerprint density at radius 2 is 1.90 bits per heavy atom. The summed E-state index contributed by atoms with van der Waals surface area (Å²) < 4.78 is 0. The highest BCUT2D eigenvalue weighted by molar-refractivity contribution is 5.81. The number of aliphatic hydroxyl groups is 1. The van der Waals surface area contributed by atoms with Gasteiger partial charge in [-0.25, -0.2) is 9.97 Å². The maximum atomic E-state index is 12.0. The lowest BCUT2D eigenvalue weighted by Crippen LogP contribution is -2.39. The van der Waals surface area contributed by atoms with E-state index in [2.05, 4.69) is 15.3 Å². The van der Waals surface area contributed by atoms with Crippen LogP contribution in [0.2, 0.25) is 0 Å². The van der Waals surface area contributed by atoms with Gasteiger partial charge in [0.15, 0.2) is 0 Å². The number of amides is 1. The van der Waals surface area contributed by atoms with Crippen molar-refractivity contribution in [3.63, 3.8) is 0 Å². The molecule has 110 valence electrons. The number of rotatable bonds is 6. The molecule has 0 bridgehead atoms. The Labute approximate surface area is 123 Å². The Hall–Kier alpha value is -2.47. The molecule has 21 heavy (non-hydrogen) atoms. The molecule has 0 radical (unpaired) electrons. The van der Waals surface area contributed by atoms with Gasteiger partial charge in [-0.05, 0) is 11.6 Å². The number of benzene rings is 1. The lowest BCUT2D eigenvalue weighted by molar-refractivity contribution is -0.120. The number of carbonyl (C=O) groups excluding carboxylic acids is 1. The van der Waals surface area contributed by atoms with Gasteiger partial charge >= 0.3 is 0 Å². The van der Waals surface area contributed by atoms with E-state index in [-0.39, 0.29) is 19.1 Å². The summed E-state index contributed by atoms with van der Waals surface area (Å²) in [7, 11) is 1.74. The van der Waals surface area contributed by atoms with Gasteiger partial charge in [0.25, 0.3) is 0 Å². The van der Waals surface area contributed by atoms with E-state index in [9.17, 15) is 9.90 Å². The zero-order valence-corrected chi connectivity index (χ0v) is 11.8. The summed E-state index contributed by atoms with van der Waals surface area (Å²) in [5, 5.41) is 12.2. The van der Waals surface area contributed by atoms with Crippen molar-refractivity contribution in [3.8, 4) is 0 Å². The number of likely N-dealkylation sites (N-methyl/N-ethyl adjacent to an activating group) is 1. The minimum Gasteiger partial charge on any atom is -0.394 e. The number of carbonyl (C=O) groups is 1. The SMILES string of the molecule is CN(CC(=O)NC(CO)c1ccccc1)c1ncccn1. The standard InChI is InChI=1S/C15H18N4O2/c1-19(15-16-8-5-9-17-15)10-14(21)18-13(11-20)12-6-3-2-4-7-12/h2-9,13,20H,10-11H2,1H3,(H,18,21). The van der Waals surface area contributed by atoms with Crippen LogP contribution >= 0.6 is 0 Å². The molecule has 1 heterocycles. The third-order valence-electron chi connectivity index (χ3n) is 2.99. The van der Waals surface area contributed by atoms with Crippen LogP contribution in [0, 0.1) is 0 Å². The zero-order valence-electron chi connectivity index (χ0n) is 11.8. The van der Waals surface area contributed by atoms with E-state index >= 15 is 0 Å². The second-order valence-electron chi connectivity index (χ2n) is 4.62. The number of hydrogen-bond donors (Lipinski definition) is 2. The average molecular weight is 286 g/mol. The normalized spacial score (nSPS) is 11.7. The van der Waals surface area contributed by atoms with Gasteiger partial charge in [0.1, 0.15) is 0 Å². The van der Waals surface area contributed by atoms with Crippen LogP contribution < -0.4 is 10.2 Å². The summed E-state index contributed by atoms with van der Waals surface area (Å²) >= 11 is 0. The van der Waals surface area contributed by atoms with Crippen LogP contribution in [0.1, 0.15) is 11.6 Å². The number of nitrogens with one attached hydrogen (secondary N) is 1. The Morgan fingerprint density at radius 1 is 1.24 bits per heavy atom. The maximum absolute atomic E-state index is 12.0. The number of hydrogen-bond acceptors (Lipinski definition) is 5. The van der Waals surface area contributed by atoms with Crippen molar-refractivity contribution >= 4 is 11.9 Å². The van der Waals surface area contributed by atoms with Gasteiger partial charge in [0, 0.05) is 19.4 Å². The summed E-state index contributed by atoms with van der Waals surface area (Å²) in [6.45, 7) is -0.0331. The number of nitrogens with zero attached hydrogens (tertiary/aromatic N) is 3. The number of aliphatic hydroxyl groups excluding tert-OH is 1. The topological polar surface area (TPSA) is 78.4 Å². The summed E-state index contributed by atoms with van der Waals surface area (Å²) in [5.74, 6) is 0.278. The highest BCUT2D eigenvalue weighted by Gasteiger charge is 2.15. The van der Waals surface area contributed by atoms with Crippen molar-refractivity contribution < 1.29 is 9.90 Å². The fourth-order valence-corrected chi connectivity index (χ4v) is 1.93. The summed E-state index contributed by atoms with van der Waals surface area (Å²) in [5.41, 5.74) is 0.868. The van der Waals surface area contributed by atoms with E-state index in [0.29, 0.717) is 5.95 Å². The van der Waals surface area contributed by atoms with Gasteiger partial charge in [-0.3, -0.25) is 4.79 Å². The van der Waals surface area contributed by atoms with Crippen molar-refractivity contribution in [3.05, 3.63) is 54.4 Å². The van der Waals surface area contributed by atoms with Crippen molar-refractivity contribution in [2.45, 2.75) is 6.04 Å². The Morgan fingerprint density at radius 3 is 2.52 bits per heavy atom. The monoisotopic (exact) mass is 286 g/mol. The van der Waals surface area contributed by atoms with E-state index in [1.54, 1.807) is 30.4 Å². The van der Waals surface area contributed by atoms with Crippen LogP contribution in [0.5, 0.6) is 0 Å². The third-order valence-corrected chi connectivity index (χ3v) is 2.99. The van der Waals surface area contributed by atoms with Crippen LogP contribution in [-0.4, -0.2) is 41.2 Å². The Kier molecular flexibility index (Phi) is 5.22. The minimum absolute atomic E-state index is 0.118. The van der Waals surface area contributed by atoms with Crippen LogP contribution in [0.25, 0.3) is 0 Å². The first-order valence-electron chi connectivity index (χ1n) is 6.64. The van der Waals surface area contributed by atoms with Gasteiger partial charge in [-0.1, -0.05) is 30.3 Å². The molecule has 1 aromatic heterocycles. The van der Waals surface area contributed by atoms with Gasteiger partial charge in [-0.15, -0.1) is 0 Å². The average Bonchev–Trinajstić information content (AvgIpc) is 2.54. The molecule has 0 spiro atoms. The molecular formula is C15H18N4O2. The lowest BCUT2D eigenvalue weighted by Gasteiger charge is -2.20. The summed E-state index contributed by atoms with van der Waals surface area (Å²) in [6.07, 6.45) is 3.24. The first-order chi connectivity index (χ1) is 10.2. The smallest absolute Gasteiger partial charge is 0.240 e. The van der Waals surface area contributed by atoms with Crippen LogP contribution in [0.4, 0.5) is 5.95 Å². The van der Waals surface area contributed by atoms with Crippen molar-refractivity contribution in [1.29, 1.82) is 0 Å². The first-order valence-corrected chi connectivity index (χ1v) is 6.64. The number of aromatic nitrogens is 2. The van der Waals surface area contributed by atoms with Gasteiger partial charge in [-0.2, -0.15) is 0 Å². The molecule has 1 unspecified atom stereocenters. The molecule has 0 fully saturated rings. The minimum atomic E-state index is -0.413. The molecule has 0 aliphatic carbocycles. The Balaban J connectivity index is 1.94. The van der Waals surface area contributed by atoms with E-state index in [1.165, 1.54) is 0 Å². The second kappa shape index (κ2) is 7.35. The largest absolute Gasteiger partial charge is 0.394 e. The predicted molar refractivity (Wildman–Crippen MR) is 79.7 cm³/mol. The van der Waals surface area contributed by atoms with E-state index in [0.717, 1.165) is 5.56 Å². The number of anilines is 1. The van der Waals surface area contributed by atoms with Crippen molar-refractivity contribution in [1.82, 2.24) is 15.3 Å². The summed E-state index contributed by atoms with van der Waals surface area (Å²) in [4.78, 5) is 21.8. The van der Waals surface area contributed by atoms with Crippen molar-refractivity contribution in [2.24, 2.45) is 0 Å². The molecule has 2 rings (SSSR count). The van der Waals surface area contributed by atoms with Crippen molar-refractivity contribution in [2.75, 3.05) is 25.1 Å². The molecular weight excluding hydrogens is 268 g/mol. The van der Waals surface area contributed by atoms with E-state index in [1.807, 2.05) is 30.3 Å². The highest BCUT2D eigenvalue weighted by Crippen LogP contribution is 2.11. The first kappa shape index (κ1) is 14.9. The fourth-order valence-electron chi connectivity index (χ4n) is 1.93. The lowest BCUT2D eigenvalue weighted by atomic mass is 10.1. The molecule has 0 aliphatic heterocycles. The predicted octanol–water partition coefficient (Wildman–Crippen LogP) is 0.763. The molecule has 6 nitrogen and oxygen atoms in total. The molecule has 6 heteroatoms. The highest BCUT2D eigenvalue weighted by atomic mass is 16.3. The van der Waals surface area contributed by atoms with Gasteiger partial charge < -0.3 is 15.3 Å². The molecule has 2 aromatic rings. The second-order valence-corrected chi connectivity index (χ2v) is 4.62. The quantitative estimate of drug-likeness (QED) is 0.820. The molecule has 0 saturated heterocycles. The molecule has 0 saturated carbocycles. The van der Waals surface area contributed by atoms with Gasteiger partial charge in [0.2, 0.25) is 11.9 Å². The zero-order chi connectivity index (χ0) is 15.1. The molecule has 1 amide bonds. The van der Waals surface area contributed by atoms with Crippen LogP contribution in [-0.2, 0) is 4.79 Å². The molecule has 1 aromatic carbocycles. The molecule has 2 N–H and O–H groups in total. The fraction of sp³-hybridized carbons (Fsp3) is 0.267. The van der Waals surface area contributed by atoms with E-state index < -0.39 is 6.04 Å². The maximum Gasteiger partial charge on any atom is 0.240 e. The van der Waals surface area contributed by atoms with Crippen LogP contribution in [0.3, 0.4) is 0 Å². The molecule has 1 atom stereocenters. The molecule has 0 aliphatic rings. The third kappa shape index (κ3) is 4.25. The Bertz CT molecular complexity index is 562.